The molecule has 0 heterocycles. The lowest BCUT2D eigenvalue weighted by Gasteiger charge is -2.42. The molecule has 2 unspecified atom stereocenters. The average molecular weight is 268 g/mol. The Labute approximate surface area is 121 Å². The van der Waals surface area contributed by atoms with Crippen LogP contribution in [-0.4, -0.2) is 12.1 Å². The molecule has 0 aliphatic heterocycles. The first-order chi connectivity index (χ1) is 8.59. The van der Waals surface area contributed by atoms with Crippen molar-refractivity contribution in [2.24, 2.45) is 23.2 Å². The van der Waals surface area contributed by atoms with Gasteiger partial charge in [-0.25, -0.2) is 0 Å². The Kier molecular flexibility index (Phi) is 5.92. The van der Waals surface area contributed by atoms with Gasteiger partial charge in [-0.1, -0.05) is 34.1 Å². The predicted molar refractivity (Wildman–Crippen MR) is 86.4 cm³/mol. The van der Waals surface area contributed by atoms with E-state index >= 15 is 0 Å². The maximum Gasteiger partial charge on any atom is 0.00966 e. The van der Waals surface area contributed by atoms with Crippen molar-refractivity contribution in [1.29, 1.82) is 0 Å². The highest BCUT2D eigenvalue weighted by atomic mass is 14.9. The highest BCUT2D eigenvalue weighted by molar-refractivity contribution is 4.87. The van der Waals surface area contributed by atoms with E-state index in [0.717, 1.165) is 17.8 Å². The van der Waals surface area contributed by atoms with Gasteiger partial charge in [0.2, 0.25) is 0 Å². The average Bonchev–Trinajstić information content (AvgIpc) is 2.22. The van der Waals surface area contributed by atoms with Gasteiger partial charge < -0.3 is 5.32 Å². The van der Waals surface area contributed by atoms with Crippen LogP contribution in [0.25, 0.3) is 0 Å². The van der Waals surface area contributed by atoms with Crippen molar-refractivity contribution in [1.82, 2.24) is 5.32 Å². The van der Waals surface area contributed by atoms with E-state index in [1.54, 1.807) is 0 Å². The summed E-state index contributed by atoms with van der Waals surface area (Å²) in [5.74, 6) is 2.67. The molecule has 0 amide bonds. The van der Waals surface area contributed by atoms with Gasteiger partial charge in [0.25, 0.3) is 0 Å². The quantitative estimate of drug-likeness (QED) is 0.717. The third-order valence-corrected chi connectivity index (χ3v) is 4.68. The molecule has 0 aromatic heterocycles. The summed E-state index contributed by atoms with van der Waals surface area (Å²) in [7, 11) is 0. The molecule has 1 rings (SSSR count). The summed E-state index contributed by atoms with van der Waals surface area (Å²) in [6, 6.07) is 0. The van der Waals surface area contributed by atoms with E-state index in [1.807, 2.05) is 0 Å². The Balaban J connectivity index is 2.55. The molecule has 19 heavy (non-hydrogen) atoms. The topological polar surface area (TPSA) is 12.0 Å². The molecule has 0 spiro atoms. The van der Waals surface area contributed by atoms with Crippen molar-refractivity contribution in [3.8, 4) is 0 Å². The van der Waals surface area contributed by atoms with Crippen molar-refractivity contribution >= 4 is 0 Å². The zero-order valence-corrected chi connectivity index (χ0v) is 14.5. The molecule has 1 aliphatic rings. The normalized spacial score (nSPS) is 27.8. The van der Waals surface area contributed by atoms with E-state index < -0.39 is 0 Å². The largest absolute Gasteiger partial charge is 0.312 e. The monoisotopic (exact) mass is 267 g/mol. The third-order valence-electron chi connectivity index (χ3n) is 4.68. The molecule has 1 fully saturated rings. The zero-order valence-electron chi connectivity index (χ0n) is 14.5. The van der Waals surface area contributed by atoms with Crippen LogP contribution in [0, 0.1) is 23.2 Å². The molecule has 0 bridgehead atoms. The van der Waals surface area contributed by atoms with Gasteiger partial charge in [-0.3, -0.25) is 0 Å². The van der Waals surface area contributed by atoms with Gasteiger partial charge >= 0.3 is 0 Å². The van der Waals surface area contributed by atoms with Crippen molar-refractivity contribution in [3.05, 3.63) is 0 Å². The smallest absolute Gasteiger partial charge is 0.00966 e. The summed E-state index contributed by atoms with van der Waals surface area (Å²) < 4.78 is 0. The summed E-state index contributed by atoms with van der Waals surface area (Å²) in [5.41, 5.74) is 0.829. The fraction of sp³-hybridized carbons (Fsp3) is 1.00. The zero-order chi connectivity index (χ0) is 14.7. The second-order valence-electron chi connectivity index (χ2n) is 9.03. The van der Waals surface area contributed by atoms with Crippen molar-refractivity contribution in [2.45, 2.75) is 86.1 Å². The van der Waals surface area contributed by atoms with Gasteiger partial charge in [0, 0.05) is 5.54 Å². The van der Waals surface area contributed by atoms with E-state index in [2.05, 4.69) is 53.8 Å². The molecule has 0 radical (unpaired) electrons. The molecule has 2 atom stereocenters. The summed E-state index contributed by atoms with van der Waals surface area (Å²) in [5, 5.41) is 3.74. The summed E-state index contributed by atoms with van der Waals surface area (Å²) in [4.78, 5) is 0. The van der Waals surface area contributed by atoms with E-state index in [9.17, 15) is 0 Å². The van der Waals surface area contributed by atoms with Gasteiger partial charge in [-0.2, -0.15) is 0 Å². The fourth-order valence-electron chi connectivity index (χ4n) is 3.38. The Hall–Kier alpha value is -0.0400. The summed E-state index contributed by atoms with van der Waals surface area (Å²) >= 11 is 0. The molecule has 0 saturated heterocycles. The van der Waals surface area contributed by atoms with Crippen LogP contribution in [0.2, 0.25) is 0 Å². The maximum absolute atomic E-state index is 3.74. The van der Waals surface area contributed by atoms with Crippen LogP contribution in [0.3, 0.4) is 0 Å². The molecule has 1 heteroatoms. The highest BCUT2D eigenvalue weighted by Crippen LogP contribution is 2.43. The van der Waals surface area contributed by atoms with E-state index in [-0.39, 0.29) is 5.54 Å². The van der Waals surface area contributed by atoms with E-state index in [1.165, 1.54) is 38.6 Å². The Bertz CT molecular complexity index is 259. The standard InChI is InChI=1S/C18H37N/c1-14(2)8-9-15-12-18(6,7)11-10-16(15)13-19-17(3,4)5/h14-16,19H,8-13H2,1-7H3. The van der Waals surface area contributed by atoms with Crippen LogP contribution in [0.1, 0.15) is 80.6 Å². The summed E-state index contributed by atoms with van der Waals surface area (Å²) in [6.07, 6.45) is 7.07. The maximum atomic E-state index is 3.74. The van der Waals surface area contributed by atoms with Crippen LogP contribution in [0.4, 0.5) is 0 Å². The minimum atomic E-state index is 0.259. The SMILES string of the molecule is CC(C)CCC1CC(C)(C)CCC1CNC(C)(C)C. The molecule has 1 nitrogen and oxygen atoms in total. The first-order valence-electron chi connectivity index (χ1n) is 8.34. The minimum Gasteiger partial charge on any atom is -0.312 e. The first-order valence-corrected chi connectivity index (χ1v) is 8.34. The van der Waals surface area contributed by atoms with Crippen LogP contribution >= 0.6 is 0 Å². The lowest BCUT2D eigenvalue weighted by Crippen LogP contribution is -2.43. The van der Waals surface area contributed by atoms with Gasteiger partial charge in [-0.15, -0.1) is 0 Å². The Morgan fingerprint density at radius 3 is 2.32 bits per heavy atom. The number of hydrogen-bond acceptors (Lipinski definition) is 1. The molecule has 1 saturated carbocycles. The summed E-state index contributed by atoms with van der Waals surface area (Å²) in [6.45, 7) is 17.7. The van der Waals surface area contributed by atoms with Crippen LogP contribution in [0.5, 0.6) is 0 Å². The molecular formula is C18H37N. The lowest BCUT2D eigenvalue weighted by molar-refractivity contribution is 0.101. The van der Waals surface area contributed by atoms with Crippen LogP contribution in [-0.2, 0) is 0 Å². The number of nitrogens with one attached hydrogen (secondary N) is 1. The van der Waals surface area contributed by atoms with Crippen molar-refractivity contribution < 1.29 is 0 Å². The van der Waals surface area contributed by atoms with Gasteiger partial charge in [0.1, 0.15) is 0 Å². The predicted octanol–water partition coefficient (Wildman–Crippen LogP) is 5.25. The van der Waals surface area contributed by atoms with E-state index in [4.69, 9.17) is 0 Å². The molecule has 0 aromatic carbocycles. The first kappa shape index (κ1) is 17.0. The van der Waals surface area contributed by atoms with Gasteiger partial charge in [0.15, 0.2) is 0 Å². The van der Waals surface area contributed by atoms with Crippen molar-refractivity contribution in [3.63, 3.8) is 0 Å². The highest BCUT2D eigenvalue weighted by Gasteiger charge is 2.34. The van der Waals surface area contributed by atoms with Crippen LogP contribution in [0.15, 0.2) is 0 Å². The molecular weight excluding hydrogens is 230 g/mol. The van der Waals surface area contributed by atoms with Crippen LogP contribution < -0.4 is 5.32 Å². The Morgan fingerprint density at radius 2 is 1.79 bits per heavy atom. The third kappa shape index (κ3) is 6.79. The number of rotatable bonds is 5. The molecule has 114 valence electrons. The minimum absolute atomic E-state index is 0.259. The molecule has 0 aromatic rings. The fourth-order valence-corrected chi connectivity index (χ4v) is 3.38. The molecule has 1 aliphatic carbocycles. The second-order valence-corrected chi connectivity index (χ2v) is 9.03. The lowest BCUT2D eigenvalue weighted by atomic mass is 9.65. The van der Waals surface area contributed by atoms with Gasteiger partial charge in [-0.05, 0) is 76.2 Å². The van der Waals surface area contributed by atoms with Crippen molar-refractivity contribution in [2.75, 3.05) is 6.54 Å². The number of hydrogen-bond donors (Lipinski definition) is 1. The second kappa shape index (κ2) is 6.61. The van der Waals surface area contributed by atoms with Gasteiger partial charge in [0.05, 0.1) is 0 Å². The van der Waals surface area contributed by atoms with E-state index in [0.29, 0.717) is 5.41 Å². The molecule has 1 N–H and O–H groups in total. The Morgan fingerprint density at radius 1 is 1.16 bits per heavy atom.